The molecular weight excluding hydrogens is 462 g/mol. The van der Waals surface area contributed by atoms with Gasteiger partial charge in [-0.1, -0.05) is 15.9 Å². The van der Waals surface area contributed by atoms with Crippen LogP contribution in [-0.2, 0) is 9.07 Å². The minimum atomic E-state index is -7.32. The van der Waals surface area contributed by atoms with Gasteiger partial charge in [0.1, 0.15) is 15.1 Å². The van der Waals surface area contributed by atoms with Crippen LogP contribution in [0.1, 0.15) is 16.7 Å². The van der Waals surface area contributed by atoms with Crippen LogP contribution in [0, 0.1) is 25.2 Å². The Kier molecular flexibility index (Phi) is 5.56. The van der Waals surface area contributed by atoms with E-state index in [4.69, 9.17) is 5.26 Å². The zero-order valence-electron chi connectivity index (χ0n) is 13.9. The van der Waals surface area contributed by atoms with Crippen LogP contribution in [0.2, 0.25) is 0 Å². The molecule has 0 N–H and O–H groups in total. The van der Waals surface area contributed by atoms with Crippen molar-refractivity contribution in [1.29, 1.82) is 5.26 Å². The third-order valence-corrected chi connectivity index (χ3v) is 8.13. The fourth-order valence-corrected chi connectivity index (χ4v) is 5.47. The molecule has 0 aliphatic rings. The largest absolute Gasteiger partial charge is 0.321 e. The van der Waals surface area contributed by atoms with E-state index in [-0.39, 0.29) is 0 Å². The number of rotatable bonds is 5. The van der Waals surface area contributed by atoms with Crippen LogP contribution in [0.4, 0.5) is 26.3 Å². The van der Waals surface area contributed by atoms with Gasteiger partial charge in [0.05, 0.1) is 16.1 Å². The molecule has 27 heavy (non-hydrogen) atoms. The van der Waals surface area contributed by atoms with Crippen LogP contribution in [0.15, 0.2) is 33.9 Å². The average molecular weight is 475 g/mol. The van der Waals surface area contributed by atoms with Crippen molar-refractivity contribution in [2.75, 3.05) is 0 Å². The lowest BCUT2D eigenvalue weighted by Crippen LogP contribution is -2.53. The zero-order chi connectivity index (χ0) is 20.8. The van der Waals surface area contributed by atoms with Crippen LogP contribution in [0.5, 0.6) is 0 Å². The second kappa shape index (κ2) is 6.98. The Bertz CT molecular complexity index is 941. The molecule has 0 unspecified atom stereocenters. The molecule has 2 aromatic rings. The minimum absolute atomic E-state index is 0.306. The van der Waals surface area contributed by atoms with Gasteiger partial charge in [-0.15, -0.1) is 0 Å². The molecule has 0 atom stereocenters. The first kappa shape index (κ1) is 21.5. The molecule has 0 fully saturated rings. The highest BCUT2D eigenvalue weighted by Gasteiger charge is 2.65. The van der Waals surface area contributed by atoms with E-state index in [1.54, 1.807) is 26.0 Å². The van der Waals surface area contributed by atoms with Crippen molar-refractivity contribution >= 4 is 25.0 Å². The fourth-order valence-electron chi connectivity index (χ4n) is 2.83. The van der Waals surface area contributed by atoms with Crippen molar-refractivity contribution in [3.05, 3.63) is 45.7 Å². The molecule has 1 aromatic heterocycles. The predicted octanol–water partition coefficient (Wildman–Crippen LogP) is 5.58. The van der Waals surface area contributed by atoms with Gasteiger partial charge in [-0.3, -0.25) is 4.21 Å². The predicted molar refractivity (Wildman–Crippen MR) is 92.1 cm³/mol. The van der Waals surface area contributed by atoms with E-state index in [0.29, 0.717) is 27.5 Å². The van der Waals surface area contributed by atoms with E-state index in [1.807, 2.05) is 0 Å². The van der Waals surface area contributed by atoms with Gasteiger partial charge in [-0.25, -0.2) is 0 Å². The Hall–Kier alpha value is -1.80. The Morgan fingerprint density at radius 3 is 1.81 bits per heavy atom. The summed E-state index contributed by atoms with van der Waals surface area (Å²) in [5, 5.41) is 9.16. The standard InChI is InChI=1S/C16H13BrF6N2OS/c1-8-3-11(17)4-9(2)13(8)25-6-10(5-24)12(7-25)27(26,14(18)19,15(20)21)16(22)23/h3-4,6-7,14-16H,1-2H3. The molecule has 11 heteroatoms. The molecule has 3 nitrogen and oxygen atoms in total. The lowest BCUT2D eigenvalue weighted by molar-refractivity contribution is 0.148. The number of benzene rings is 1. The number of hydrogen-bond donors (Lipinski definition) is 0. The number of nitriles is 1. The molecule has 2 rings (SSSR count). The van der Waals surface area contributed by atoms with Crippen LogP contribution in [0.25, 0.3) is 5.69 Å². The molecule has 1 aromatic carbocycles. The Labute approximate surface area is 159 Å². The molecule has 0 bridgehead atoms. The molecule has 1 heterocycles. The zero-order valence-corrected chi connectivity index (χ0v) is 16.3. The van der Waals surface area contributed by atoms with Crippen molar-refractivity contribution in [3.8, 4) is 11.8 Å². The Balaban J connectivity index is 2.93. The van der Waals surface area contributed by atoms with Gasteiger partial charge in [-0.2, -0.15) is 31.6 Å². The minimum Gasteiger partial charge on any atom is -0.321 e. The lowest BCUT2D eigenvalue weighted by atomic mass is 10.1. The summed E-state index contributed by atoms with van der Waals surface area (Å²) in [6.07, 6.45) is 1.36. The molecule has 0 aliphatic heterocycles. The third kappa shape index (κ3) is 2.89. The molecule has 0 spiro atoms. The fraction of sp³-hybridized carbons (Fsp3) is 0.312. The number of halogens is 7. The quantitative estimate of drug-likeness (QED) is 0.531. The Morgan fingerprint density at radius 1 is 1.00 bits per heavy atom. The topological polar surface area (TPSA) is 45.8 Å². The molecule has 148 valence electrons. The first-order chi connectivity index (χ1) is 12.4. The summed E-state index contributed by atoms with van der Waals surface area (Å²) >= 11 is 3.25. The maximum atomic E-state index is 13.5. The summed E-state index contributed by atoms with van der Waals surface area (Å²) < 4.78 is 95.5. The van der Waals surface area contributed by atoms with Crippen molar-refractivity contribution in [2.45, 2.75) is 36.0 Å². The van der Waals surface area contributed by atoms with Gasteiger partial charge in [0, 0.05) is 16.9 Å². The maximum Gasteiger partial charge on any atom is 0.306 e. The number of aryl methyl sites for hydroxylation is 2. The van der Waals surface area contributed by atoms with Gasteiger partial charge in [-0.05, 0) is 37.1 Å². The van der Waals surface area contributed by atoms with Crippen LogP contribution >= 0.6 is 15.9 Å². The molecule has 0 amide bonds. The summed E-state index contributed by atoms with van der Waals surface area (Å²) in [6.45, 7) is 3.22. The average Bonchev–Trinajstić information content (AvgIpc) is 2.96. The van der Waals surface area contributed by atoms with E-state index in [2.05, 4.69) is 15.9 Å². The van der Waals surface area contributed by atoms with Crippen LogP contribution in [0.3, 0.4) is 0 Å². The van der Waals surface area contributed by atoms with Crippen molar-refractivity contribution in [3.63, 3.8) is 0 Å². The van der Waals surface area contributed by atoms with Crippen molar-refractivity contribution in [2.24, 2.45) is 0 Å². The first-order valence-electron chi connectivity index (χ1n) is 7.27. The number of nitrogens with zero attached hydrogens (tertiary/aromatic N) is 2. The Morgan fingerprint density at radius 2 is 1.44 bits per heavy atom. The maximum absolute atomic E-state index is 13.5. The van der Waals surface area contributed by atoms with Crippen LogP contribution in [-0.4, -0.2) is 26.0 Å². The van der Waals surface area contributed by atoms with Gasteiger partial charge in [0.2, 0.25) is 0 Å². The van der Waals surface area contributed by atoms with E-state index in [1.165, 1.54) is 6.07 Å². The van der Waals surface area contributed by atoms with Crippen molar-refractivity contribution < 1.29 is 30.6 Å². The summed E-state index contributed by atoms with van der Waals surface area (Å²) in [4.78, 5) is -1.53. The van der Waals surface area contributed by atoms with Gasteiger partial charge in [0.25, 0.3) is 0 Å². The molecule has 0 radical (unpaired) electrons. The summed E-state index contributed by atoms with van der Waals surface area (Å²) in [5.41, 5.74) is 0.472. The smallest absolute Gasteiger partial charge is 0.306 e. The van der Waals surface area contributed by atoms with Crippen LogP contribution < -0.4 is 0 Å². The number of hydrogen-bond acceptors (Lipinski definition) is 2. The highest BCUT2D eigenvalue weighted by Crippen LogP contribution is 2.53. The second-order valence-corrected chi connectivity index (χ2v) is 10.6. The molecule has 0 aliphatic carbocycles. The normalized spacial score (nSPS) is 13.8. The number of alkyl halides is 6. The summed E-state index contributed by atoms with van der Waals surface area (Å²) in [6, 6.07) is 4.57. The molecular formula is C16H13BrF6N2OS. The highest BCUT2D eigenvalue weighted by atomic mass is 79.9. The lowest BCUT2D eigenvalue weighted by Gasteiger charge is -2.38. The van der Waals surface area contributed by atoms with Gasteiger partial charge >= 0.3 is 17.3 Å². The van der Waals surface area contributed by atoms with E-state index >= 15 is 0 Å². The molecule has 0 saturated heterocycles. The summed E-state index contributed by atoms with van der Waals surface area (Å²) in [5.74, 6) is -13.7. The summed E-state index contributed by atoms with van der Waals surface area (Å²) in [7, 11) is -7.32. The van der Waals surface area contributed by atoms with Gasteiger partial charge < -0.3 is 4.57 Å². The van der Waals surface area contributed by atoms with E-state index in [9.17, 15) is 30.6 Å². The van der Waals surface area contributed by atoms with Crippen molar-refractivity contribution in [1.82, 2.24) is 4.57 Å². The van der Waals surface area contributed by atoms with E-state index in [0.717, 1.165) is 10.8 Å². The first-order valence-corrected chi connectivity index (χ1v) is 10.2. The van der Waals surface area contributed by atoms with Gasteiger partial charge in [0.15, 0.2) is 0 Å². The highest BCUT2D eigenvalue weighted by molar-refractivity contribution is 9.10. The second-order valence-electron chi connectivity index (χ2n) is 5.86. The monoisotopic (exact) mass is 474 g/mol. The third-order valence-electron chi connectivity index (χ3n) is 4.20. The van der Waals surface area contributed by atoms with E-state index < -0.39 is 36.8 Å². The molecule has 0 saturated carbocycles. The number of aromatic nitrogens is 1. The SMILES string of the molecule is Cc1cc(Br)cc(C)c1-n1cc(C#N)c(S(=O)(C(F)F)(C(F)F)C(F)F)c1.